The predicted molar refractivity (Wildman–Crippen MR) is 153 cm³/mol. The molecular formula is C32H47N3O3. The molecule has 1 saturated carbocycles. The fourth-order valence-corrected chi connectivity index (χ4v) is 5.98. The molecule has 4 rings (SSSR count). The minimum atomic E-state index is -1.07. The summed E-state index contributed by atoms with van der Waals surface area (Å²) in [6.07, 6.45) is 8.12. The van der Waals surface area contributed by atoms with Gasteiger partial charge < -0.3 is 25.4 Å². The summed E-state index contributed by atoms with van der Waals surface area (Å²) >= 11 is 0. The van der Waals surface area contributed by atoms with Crippen molar-refractivity contribution < 1.29 is 14.6 Å². The van der Waals surface area contributed by atoms with E-state index < -0.39 is 5.60 Å². The summed E-state index contributed by atoms with van der Waals surface area (Å²) < 4.78 is 6.32. The lowest BCUT2D eigenvalue weighted by Crippen LogP contribution is -2.54. The topological polar surface area (TPSA) is 73.8 Å². The first-order valence-electron chi connectivity index (χ1n) is 14.6. The van der Waals surface area contributed by atoms with E-state index in [1.54, 1.807) is 0 Å². The zero-order valence-corrected chi connectivity index (χ0v) is 23.5. The van der Waals surface area contributed by atoms with Crippen LogP contribution in [0.2, 0.25) is 0 Å². The average molecular weight is 522 g/mol. The third-order valence-electron chi connectivity index (χ3n) is 8.11. The molecule has 2 aromatic rings. The Hall–Kier alpha value is -2.57. The minimum absolute atomic E-state index is 0.0234. The molecule has 0 radical (unpaired) electrons. The van der Waals surface area contributed by atoms with E-state index in [1.807, 2.05) is 66.5 Å². The number of piperidine rings is 1. The van der Waals surface area contributed by atoms with E-state index in [1.165, 1.54) is 12.8 Å². The van der Waals surface area contributed by atoms with E-state index >= 15 is 0 Å². The van der Waals surface area contributed by atoms with Crippen LogP contribution < -0.4 is 15.4 Å². The molecule has 3 N–H and O–H groups in total. The van der Waals surface area contributed by atoms with Gasteiger partial charge in [-0.1, -0.05) is 69.5 Å². The van der Waals surface area contributed by atoms with E-state index in [9.17, 15) is 9.90 Å². The van der Waals surface area contributed by atoms with Crippen molar-refractivity contribution in [2.24, 2.45) is 17.8 Å². The summed E-state index contributed by atoms with van der Waals surface area (Å²) in [6, 6.07) is 17.7. The average Bonchev–Trinajstić information content (AvgIpc) is 3.74. The number of urea groups is 1. The Kier molecular flexibility index (Phi) is 10.1. The standard InChI is InChI=1S/C32H47N3O3/c1-24(2)21-27(22-33-3)34-31(36)35-20-10-12-26(23-35)32(37,19-9-11-25-17-18-25)29-15-7-8-16-30(29)38-28-13-5-4-6-14-28/h4-8,13-16,24-27,33,37H,9-12,17-23H2,1-3H3,(H,34,36). The Balaban J connectivity index is 1.55. The first kappa shape index (κ1) is 28.4. The van der Waals surface area contributed by atoms with Crippen LogP contribution in [0.15, 0.2) is 54.6 Å². The Morgan fingerprint density at radius 1 is 1.11 bits per heavy atom. The number of carbonyl (C=O) groups is 1. The highest BCUT2D eigenvalue weighted by Gasteiger charge is 2.43. The maximum Gasteiger partial charge on any atom is 0.317 e. The number of ether oxygens (including phenoxy) is 1. The maximum absolute atomic E-state index is 13.4. The normalized spacial score (nSPS) is 20.1. The van der Waals surface area contributed by atoms with Gasteiger partial charge in [-0.15, -0.1) is 0 Å². The number of carbonyl (C=O) groups excluding carboxylic acids is 1. The molecule has 1 aliphatic heterocycles. The Morgan fingerprint density at radius 3 is 2.55 bits per heavy atom. The number of nitrogens with zero attached hydrogens (tertiary/aromatic N) is 1. The zero-order valence-electron chi connectivity index (χ0n) is 23.5. The van der Waals surface area contributed by atoms with Crippen molar-refractivity contribution in [2.45, 2.75) is 76.9 Å². The molecule has 1 saturated heterocycles. The van der Waals surface area contributed by atoms with Crippen molar-refractivity contribution >= 4 is 6.03 Å². The predicted octanol–water partition coefficient (Wildman–Crippen LogP) is 6.30. The Morgan fingerprint density at radius 2 is 1.84 bits per heavy atom. The molecule has 0 aromatic heterocycles. The smallest absolute Gasteiger partial charge is 0.317 e. The number of likely N-dealkylation sites (tertiary alicyclic amines) is 1. The molecule has 3 unspecified atom stereocenters. The van der Waals surface area contributed by atoms with Gasteiger partial charge in [0.1, 0.15) is 11.5 Å². The lowest BCUT2D eigenvalue weighted by Gasteiger charge is -2.43. The van der Waals surface area contributed by atoms with Gasteiger partial charge >= 0.3 is 6.03 Å². The van der Waals surface area contributed by atoms with Crippen LogP contribution in [-0.4, -0.2) is 48.8 Å². The third kappa shape index (κ3) is 7.73. The summed E-state index contributed by atoms with van der Waals surface area (Å²) in [4.78, 5) is 15.3. The second kappa shape index (κ2) is 13.5. The molecule has 2 fully saturated rings. The van der Waals surface area contributed by atoms with Crippen LogP contribution >= 0.6 is 0 Å². The SMILES string of the molecule is CNCC(CC(C)C)NC(=O)N1CCCC(C(O)(CCCC2CC2)c2ccccc2Oc2ccccc2)C1. The molecule has 0 bridgehead atoms. The number of likely N-dealkylation sites (N-methyl/N-ethyl adjacent to an activating group) is 1. The molecule has 1 aliphatic carbocycles. The number of benzene rings is 2. The maximum atomic E-state index is 13.4. The molecule has 6 heteroatoms. The van der Waals surface area contributed by atoms with Gasteiger partial charge in [0.25, 0.3) is 0 Å². The summed E-state index contributed by atoms with van der Waals surface area (Å²) in [6.45, 7) is 6.37. The molecule has 6 nitrogen and oxygen atoms in total. The molecule has 2 aliphatic rings. The fraction of sp³-hybridized carbons (Fsp3) is 0.594. The van der Waals surface area contributed by atoms with E-state index in [4.69, 9.17) is 4.74 Å². The van der Waals surface area contributed by atoms with Gasteiger partial charge in [0, 0.05) is 37.2 Å². The number of aliphatic hydroxyl groups is 1. The van der Waals surface area contributed by atoms with Crippen LogP contribution in [0, 0.1) is 17.8 Å². The van der Waals surface area contributed by atoms with Crippen LogP contribution in [-0.2, 0) is 5.60 Å². The van der Waals surface area contributed by atoms with Gasteiger partial charge in [-0.25, -0.2) is 4.79 Å². The quantitative estimate of drug-likeness (QED) is 0.289. The van der Waals surface area contributed by atoms with Gasteiger partial charge in [-0.2, -0.15) is 0 Å². The van der Waals surface area contributed by atoms with Crippen LogP contribution in [0.5, 0.6) is 11.5 Å². The Labute approximate surface area is 229 Å². The van der Waals surface area contributed by atoms with Gasteiger partial charge in [0.2, 0.25) is 0 Å². The Bertz CT molecular complexity index is 1010. The largest absolute Gasteiger partial charge is 0.457 e. The molecular weight excluding hydrogens is 474 g/mol. The summed E-state index contributed by atoms with van der Waals surface area (Å²) in [5.74, 6) is 2.70. The molecule has 0 spiro atoms. The summed E-state index contributed by atoms with van der Waals surface area (Å²) in [5, 5.41) is 19.0. The number of hydrogen-bond donors (Lipinski definition) is 3. The molecule has 3 atom stereocenters. The van der Waals surface area contributed by atoms with E-state index in [2.05, 4.69) is 24.5 Å². The van der Waals surface area contributed by atoms with Crippen molar-refractivity contribution in [1.29, 1.82) is 0 Å². The minimum Gasteiger partial charge on any atom is -0.457 e. The molecule has 2 aromatic carbocycles. The highest BCUT2D eigenvalue weighted by atomic mass is 16.5. The van der Waals surface area contributed by atoms with Gasteiger partial charge in [0.15, 0.2) is 0 Å². The van der Waals surface area contributed by atoms with Crippen LogP contribution in [0.4, 0.5) is 4.79 Å². The first-order chi connectivity index (χ1) is 18.4. The first-order valence-corrected chi connectivity index (χ1v) is 14.6. The number of nitrogens with one attached hydrogen (secondary N) is 2. The van der Waals surface area contributed by atoms with Crippen molar-refractivity contribution in [3.63, 3.8) is 0 Å². The van der Waals surface area contributed by atoms with Gasteiger partial charge in [0.05, 0.1) is 5.60 Å². The monoisotopic (exact) mass is 521 g/mol. The van der Waals surface area contributed by atoms with E-state index in [-0.39, 0.29) is 18.0 Å². The lowest BCUT2D eigenvalue weighted by atomic mass is 9.73. The number of rotatable bonds is 13. The van der Waals surface area contributed by atoms with Crippen LogP contribution in [0.3, 0.4) is 0 Å². The molecule has 2 amide bonds. The van der Waals surface area contributed by atoms with Gasteiger partial charge in [-0.3, -0.25) is 0 Å². The summed E-state index contributed by atoms with van der Waals surface area (Å²) in [5.41, 5.74) is -0.235. The van der Waals surface area contributed by atoms with E-state index in [0.29, 0.717) is 24.6 Å². The molecule has 1 heterocycles. The third-order valence-corrected chi connectivity index (χ3v) is 8.11. The van der Waals surface area contributed by atoms with Crippen molar-refractivity contribution in [2.75, 3.05) is 26.7 Å². The molecule has 208 valence electrons. The highest BCUT2D eigenvalue weighted by molar-refractivity contribution is 5.74. The zero-order chi connectivity index (χ0) is 27.0. The second-order valence-corrected chi connectivity index (χ2v) is 11.8. The lowest BCUT2D eigenvalue weighted by molar-refractivity contribution is -0.0570. The number of para-hydroxylation sites is 2. The second-order valence-electron chi connectivity index (χ2n) is 11.8. The van der Waals surface area contributed by atoms with Gasteiger partial charge in [-0.05, 0) is 69.2 Å². The van der Waals surface area contributed by atoms with E-state index in [0.717, 1.165) is 62.4 Å². The van der Waals surface area contributed by atoms with Crippen LogP contribution in [0.1, 0.15) is 70.8 Å². The number of hydrogen-bond acceptors (Lipinski definition) is 4. The van der Waals surface area contributed by atoms with Crippen molar-refractivity contribution in [3.05, 3.63) is 60.2 Å². The van der Waals surface area contributed by atoms with Crippen LogP contribution in [0.25, 0.3) is 0 Å². The fourth-order valence-electron chi connectivity index (χ4n) is 5.98. The van der Waals surface area contributed by atoms with Crippen molar-refractivity contribution in [3.8, 4) is 11.5 Å². The number of amides is 2. The highest BCUT2D eigenvalue weighted by Crippen LogP contribution is 2.45. The summed E-state index contributed by atoms with van der Waals surface area (Å²) in [7, 11) is 1.92. The molecule has 38 heavy (non-hydrogen) atoms. The van der Waals surface area contributed by atoms with Crippen molar-refractivity contribution in [1.82, 2.24) is 15.5 Å².